The molecule has 1 fully saturated rings. The van der Waals surface area contributed by atoms with Crippen LogP contribution in [-0.2, 0) is 21.5 Å². The second-order valence-electron chi connectivity index (χ2n) is 5.78. The molecule has 0 spiro atoms. The Morgan fingerprint density at radius 2 is 1.96 bits per heavy atom. The maximum Gasteiger partial charge on any atom is 0.231 e. The van der Waals surface area contributed by atoms with Gasteiger partial charge < -0.3 is 15.8 Å². The predicted molar refractivity (Wildman–Crippen MR) is 91.5 cm³/mol. The SMILES string of the molecule is Nc1ccnc(CNC(=O)C2(c3ccc(Cl)cc3)CCOCC2)n1. The van der Waals surface area contributed by atoms with Gasteiger partial charge in [-0.15, -0.1) is 0 Å². The fraction of sp³-hybridized carbons (Fsp3) is 0.353. The van der Waals surface area contributed by atoms with E-state index >= 15 is 0 Å². The molecule has 0 unspecified atom stereocenters. The quantitative estimate of drug-likeness (QED) is 0.884. The zero-order chi connectivity index (χ0) is 17.0. The van der Waals surface area contributed by atoms with Crippen molar-refractivity contribution >= 4 is 23.3 Å². The monoisotopic (exact) mass is 346 g/mol. The van der Waals surface area contributed by atoms with Crippen LogP contribution < -0.4 is 11.1 Å². The van der Waals surface area contributed by atoms with Gasteiger partial charge >= 0.3 is 0 Å². The van der Waals surface area contributed by atoms with Crippen LogP contribution in [0.3, 0.4) is 0 Å². The van der Waals surface area contributed by atoms with Crippen molar-refractivity contribution in [2.24, 2.45) is 0 Å². The lowest BCUT2D eigenvalue weighted by Crippen LogP contribution is -2.48. The van der Waals surface area contributed by atoms with E-state index in [-0.39, 0.29) is 12.5 Å². The van der Waals surface area contributed by atoms with Crippen molar-refractivity contribution in [1.29, 1.82) is 0 Å². The molecule has 2 aromatic rings. The maximum atomic E-state index is 13.0. The average molecular weight is 347 g/mol. The van der Waals surface area contributed by atoms with Gasteiger partial charge in [0.2, 0.25) is 5.91 Å². The van der Waals surface area contributed by atoms with Crippen LogP contribution in [0.25, 0.3) is 0 Å². The highest BCUT2D eigenvalue weighted by molar-refractivity contribution is 6.30. The summed E-state index contributed by atoms with van der Waals surface area (Å²) in [6.07, 6.45) is 2.82. The van der Waals surface area contributed by atoms with E-state index in [1.807, 2.05) is 24.3 Å². The van der Waals surface area contributed by atoms with Crippen LogP contribution in [0.2, 0.25) is 5.02 Å². The number of hydrogen-bond acceptors (Lipinski definition) is 5. The van der Waals surface area contributed by atoms with Crippen LogP contribution in [0.4, 0.5) is 5.82 Å². The van der Waals surface area contributed by atoms with Crippen molar-refractivity contribution in [3.8, 4) is 0 Å². The van der Waals surface area contributed by atoms with E-state index in [9.17, 15) is 4.79 Å². The molecule has 3 rings (SSSR count). The van der Waals surface area contributed by atoms with Crippen LogP contribution in [0.15, 0.2) is 36.5 Å². The summed E-state index contributed by atoms with van der Waals surface area (Å²) >= 11 is 5.98. The lowest BCUT2D eigenvalue weighted by Gasteiger charge is -2.36. The average Bonchev–Trinajstić information content (AvgIpc) is 2.61. The van der Waals surface area contributed by atoms with Crippen LogP contribution in [0.5, 0.6) is 0 Å². The Bertz CT molecular complexity index is 715. The Morgan fingerprint density at radius 1 is 1.25 bits per heavy atom. The van der Waals surface area contributed by atoms with Crippen LogP contribution in [0, 0.1) is 0 Å². The number of ether oxygens (including phenoxy) is 1. The highest BCUT2D eigenvalue weighted by Crippen LogP contribution is 2.35. The van der Waals surface area contributed by atoms with Crippen molar-refractivity contribution in [2.75, 3.05) is 18.9 Å². The highest BCUT2D eigenvalue weighted by atomic mass is 35.5. The summed E-state index contributed by atoms with van der Waals surface area (Å²) in [5.41, 5.74) is 5.97. The summed E-state index contributed by atoms with van der Waals surface area (Å²) in [4.78, 5) is 21.2. The molecule has 1 aliphatic rings. The first-order valence-corrected chi connectivity index (χ1v) is 8.17. The molecule has 7 heteroatoms. The molecule has 1 saturated heterocycles. The number of carbonyl (C=O) groups excluding carboxylic acids is 1. The minimum atomic E-state index is -0.622. The van der Waals surface area contributed by atoms with Gasteiger partial charge in [-0.2, -0.15) is 0 Å². The standard InChI is InChI=1S/C17H19ClN4O2/c18-13-3-1-12(2-4-13)17(6-9-24-10-7-17)16(23)21-11-15-20-8-5-14(19)22-15/h1-5,8H,6-7,9-11H2,(H,21,23)(H2,19,20,22). The molecule has 2 heterocycles. The number of nitrogens with two attached hydrogens (primary N) is 1. The smallest absolute Gasteiger partial charge is 0.231 e. The first kappa shape index (κ1) is 16.7. The third-order valence-corrected chi connectivity index (χ3v) is 4.56. The van der Waals surface area contributed by atoms with E-state index in [0.29, 0.717) is 42.7 Å². The number of nitrogens with one attached hydrogen (secondary N) is 1. The van der Waals surface area contributed by atoms with Gasteiger partial charge in [0.1, 0.15) is 11.6 Å². The minimum absolute atomic E-state index is 0.0563. The third kappa shape index (κ3) is 3.49. The van der Waals surface area contributed by atoms with Gasteiger partial charge in [0.05, 0.1) is 12.0 Å². The fourth-order valence-corrected chi connectivity index (χ4v) is 3.09. The number of nitrogens with zero attached hydrogens (tertiary/aromatic N) is 2. The van der Waals surface area contributed by atoms with Gasteiger partial charge in [0, 0.05) is 24.4 Å². The molecule has 0 saturated carbocycles. The van der Waals surface area contributed by atoms with E-state index in [1.165, 1.54) is 0 Å². The zero-order valence-corrected chi connectivity index (χ0v) is 13.9. The summed E-state index contributed by atoms with van der Waals surface area (Å²) in [6.45, 7) is 1.33. The Hall–Kier alpha value is -2.18. The first-order chi connectivity index (χ1) is 11.6. The first-order valence-electron chi connectivity index (χ1n) is 7.80. The van der Waals surface area contributed by atoms with Crippen LogP contribution >= 0.6 is 11.6 Å². The van der Waals surface area contributed by atoms with Crippen molar-refractivity contribution in [1.82, 2.24) is 15.3 Å². The topological polar surface area (TPSA) is 90.1 Å². The zero-order valence-electron chi connectivity index (χ0n) is 13.2. The fourth-order valence-electron chi connectivity index (χ4n) is 2.96. The minimum Gasteiger partial charge on any atom is -0.384 e. The second-order valence-corrected chi connectivity index (χ2v) is 6.22. The molecule has 0 bridgehead atoms. The molecule has 0 atom stereocenters. The third-order valence-electron chi connectivity index (χ3n) is 4.31. The summed E-state index contributed by atoms with van der Waals surface area (Å²) in [5.74, 6) is 0.813. The lowest BCUT2D eigenvalue weighted by atomic mass is 9.73. The van der Waals surface area contributed by atoms with Gasteiger partial charge in [-0.3, -0.25) is 4.79 Å². The molecule has 6 nitrogen and oxygen atoms in total. The van der Waals surface area contributed by atoms with E-state index in [2.05, 4.69) is 15.3 Å². The molecule has 24 heavy (non-hydrogen) atoms. The van der Waals surface area contributed by atoms with Gasteiger partial charge in [0.15, 0.2) is 0 Å². The van der Waals surface area contributed by atoms with Gasteiger partial charge in [0.25, 0.3) is 0 Å². The van der Waals surface area contributed by atoms with E-state index in [1.54, 1.807) is 12.3 Å². The van der Waals surface area contributed by atoms with Gasteiger partial charge in [-0.05, 0) is 36.6 Å². The number of nitrogen functional groups attached to an aromatic ring is 1. The van der Waals surface area contributed by atoms with Gasteiger partial charge in [-0.1, -0.05) is 23.7 Å². The van der Waals surface area contributed by atoms with E-state index in [4.69, 9.17) is 22.1 Å². The van der Waals surface area contributed by atoms with E-state index in [0.717, 1.165) is 5.56 Å². The number of aromatic nitrogens is 2. The maximum absolute atomic E-state index is 13.0. The number of halogens is 1. The molecule has 126 valence electrons. The molecule has 0 radical (unpaired) electrons. The van der Waals surface area contributed by atoms with Crippen molar-refractivity contribution in [2.45, 2.75) is 24.8 Å². The number of hydrogen-bond donors (Lipinski definition) is 2. The van der Waals surface area contributed by atoms with Crippen molar-refractivity contribution in [3.63, 3.8) is 0 Å². The molecule has 1 aliphatic heterocycles. The van der Waals surface area contributed by atoms with Crippen molar-refractivity contribution in [3.05, 3.63) is 52.9 Å². The summed E-state index contributed by atoms with van der Waals surface area (Å²) in [6, 6.07) is 9.04. The Labute approximate surface area is 145 Å². The lowest BCUT2D eigenvalue weighted by molar-refractivity contribution is -0.130. The number of amides is 1. The van der Waals surface area contributed by atoms with Crippen LogP contribution in [-0.4, -0.2) is 29.1 Å². The Balaban J connectivity index is 1.80. The summed E-state index contributed by atoms with van der Waals surface area (Å²) < 4.78 is 5.45. The largest absolute Gasteiger partial charge is 0.384 e. The number of anilines is 1. The molecule has 1 aromatic heterocycles. The Morgan fingerprint density at radius 3 is 2.62 bits per heavy atom. The summed E-state index contributed by atoms with van der Waals surface area (Å²) in [5, 5.41) is 3.59. The number of carbonyl (C=O) groups is 1. The molecule has 1 aromatic carbocycles. The molecular weight excluding hydrogens is 328 g/mol. The predicted octanol–water partition coefficient (Wildman–Crippen LogP) is 2.08. The number of rotatable bonds is 4. The molecule has 1 amide bonds. The normalized spacial score (nSPS) is 16.5. The molecule has 3 N–H and O–H groups in total. The Kier molecular flexibility index (Phi) is 4.97. The number of benzene rings is 1. The van der Waals surface area contributed by atoms with E-state index < -0.39 is 5.41 Å². The highest BCUT2D eigenvalue weighted by Gasteiger charge is 2.41. The summed E-state index contributed by atoms with van der Waals surface area (Å²) in [7, 11) is 0. The molecular formula is C17H19ClN4O2. The van der Waals surface area contributed by atoms with Crippen LogP contribution in [0.1, 0.15) is 24.2 Å². The second kappa shape index (κ2) is 7.15. The molecule has 0 aliphatic carbocycles. The van der Waals surface area contributed by atoms with Gasteiger partial charge in [-0.25, -0.2) is 9.97 Å². The van der Waals surface area contributed by atoms with Crippen molar-refractivity contribution < 1.29 is 9.53 Å².